The van der Waals surface area contributed by atoms with Gasteiger partial charge in [-0.2, -0.15) is 0 Å². The fraction of sp³-hybridized carbons (Fsp3) is 0.457. The maximum absolute atomic E-state index is 5.34. The molecule has 0 amide bonds. The Bertz CT molecular complexity index is 1720. The van der Waals surface area contributed by atoms with Crippen LogP contribution < -0.4 is 0 Å². The Balaban J connectivity index is 0.00000387. The first kappa shape index (κ1) is 31.0. The van der Waals surface area contributed by atoms with Gasteiger partial charge in [-0.15, -0.1) is 0 Å². The van der Waals surface area contributed by atoms with Crippen LogP contribution in [0.2, 0.25) is 0 Å². The van der Waals surface area contributed by atoms with Crippen LogP contribution in [-0.2, 0) is 38.7 Å². The van der Waals surface area contributed by atoms with E-state index in [4.69, 9.17) is 15.0 Å². The third-order valence-electron chi connectivity index (χ3n) is 7.60. The van der Waals surface area contributed by atoms with Crippen molar-refractivity contribution in [1.29, 1.82) is 0 Å². The molecule has 2 aliphatic heterocycles. The molecule has 3 aromatic heterocycles. The van der Waals surface area contributed by atoms with E-state index in [0.717, 1.165) is 39.3 Å². The number of hydrogen-bond acceptors (Lipinski definition) is 3. The van der Waals surface area contributed by atoms with Gasteiger partial charge in [-0.1, -0.05) is 83.1 Å². The summed E-state index contributed by atoms with van der Waals surface area (Å²) in [5.41, 5.74) is 11.3. The number of hydrogen-bond donors (Lipinski definition) is 2. The van der Waals surface area contributed by atoms with Crippen LogP contribution in [0.15, 0.2) is 18.2 Å². The smallest absolute Gasteiger partial charge is 0.154 e. The van der Waals surface area contributed by atoms with Crippen LogP contribution in [0, 0.1) is 0 Å². The summed E-state index contributed by atoms with van der Waals surface area (Å²) in [5.74, 6) is 0.705. The Kier molecular flexibility index (Phi) is 7.63. The number of fused-ring (bicyclic) bond motifs is 8. The Morgan fingerprint density at radius 1 is 0.512 bits per heavy atom. The SMILES string of the molecule is CC(C)(C)c1c2nc(nc3cc(C(C)(C)C)c([nH]3)c(C(C)(C)C)c3nc(c(C(C)(C)C)c4ccc1[nH]4)C=C3)C=C2.[Cu]. The molecule has 1 radical (unpaired) electrons. The van der Waals surface area contributed by atoms with Crippen molar-refractivity contribution in [3.05, 3.63) is 63.4 Å². The van der Waals surface area contributed by atoms with Crippen molar-refractivity contribution in [3.63, 3.8) is 0 Å². The molecule has 3 aromatic rings. The van der Waals surface area contributed by atoms with E-state index in [0.29, 0.717) is 5.82 Å². The van der Waals surface area contributed by atoms with E-state index in [1.165, 1.54) is 22.3 Å². The van der Waals surface area contributed by atoms with Crippen molar-refractivity contribution in [1.82, 2.24) is 24.9 Å². The second-order valence-corrected chi connectivity index (χ2v) is 15.4. The van der Waals surface area contributed by atoms with Gasteiger partial charge in [0.15, 0.2) is 5.82 Å². The van der Waals surface area contributed by atoms with E-state index in [2.05, 4.69) is 129 Å². The van der Waals surface area contributed by atoms with E-state index in [-0.39, 0.29) is 38.7 Å². The van der Waals surface area contributed by atoms with Gasteiger partial charge in [0, 0.05) is 50.3 Å². The molecule has 0 fully saturated rings. The van der Waals surface area contributed by atoms with E-state index >= 15 is 0 Å². The molecule has 0 aromatic carbocycles. The van der Waals surface area contributed by atoms with E-state index < -0.39 is 0 Å². The first-order valence-electron chi connectivity index (χ1n) is 14.4. The molecule has 2 N–H and O–H groups in total. The Hall–Kier alpha value is -2.95. The Labute approximate surface area is 255 Å². The van der Waals surface area contributed by atoms with Gasteiger partial charge >= 0.3 is 0 Å². The van der Waals surface area contributed by atoms with Crippen LogP contribution in [0.1, 0.15) is 128 Å². The average molecular weight is 599 g/mol. The largest absolute Gasteiger partial charge is 0.355 e. The summed E-state index contributed by atoms with van der Waals surface area (Å²) in [4.78, 5) is 22.8. The second-order valence-electron chi connectivity index (χ2n) is 15.4. The van der Waals surface area contributed by atoms with Crippen molar-refractivity contribution >= 4 is 46.5 Å². The second kappa shape index (κ2) is 10.1. The van der Waals surface area contributed by atoms with Crippen LogP contribution in [0.3, 0.4) is 0 Å². The number of nitrogens with zero attached hydrogens (tertiary/aromatic N) is 3. The number of nitrogens with one attached hydrogen (secondary N) is 2. The molecule has 0 saturated carbocycles. The molecule has 5 rings (SSSR count). The van der Waals surface area contributed by atoms with Gasteiger partial charge in [0.05, 0.1) is 17.1 Å². The number of rotatable bonds is 0. The molecule has 5 heterocycles. The zero-order valence-electron chi connectivity index (χ0n) is 26.7. The van der Waals surface area contributed by atoms with Crippen molar-refractivity contribution in [2.75, 3.05) is 0 Å². The molecule has 2 aliphatic rings. The van der Waals surface area contributed by atoms with Gasteiger partial charge < -0.3 is 9.97 Å². The summed E-state index contributed by atoms with van der Waals surface area (Å²) in [6.07, 6.45) is 8.49. The van der Waals surface area contributed by atoms with Gasteiger partial charge in [-0.3, -0.25) is 0 Å². The molecule has 221 valence electrons. The molecule has 41 heavy (non-hydrogen) atoms. The molecule has 0 atom stereocenters. The predicted octanol–water partition coefficient (Wildman–Crippen LogP) is 9.24. The monoisotopic (exact) mass is 598 g/mol. The normalized spacial score (nSPS) is 14.0. The molecular formula is C35H45CuN5. The van der Waals surface area contributed by atoms with Gasteiger partial charge in [0.25, 0.3) is 0 Å². The van der Waals surface area contributed by atoms with E-state index in [9.17, 15) is 0 Å². The van der Waals surface area contributed by atoms with Crippen molar-refractivity contribution in [2.24, 2.45) is 0 Å². The van der Waals surface area contributed by atoms with Crippen LogP contribution >= 0.6 is 0 Å². The van der Waals surface area contributed by atoms with Crippen LogP contribution in [0.5, 0.6) is 0 Å². The summed E-state index contributed by atoms with van der Waals surface area (Å²) >= 11 is 0. The predicted molar refractivity (Wildman–Crippen MR) is 171 cm³/mol. The van der Waals surface area contributed by atoms with Crippen LogP contribution in [-0.4, -0.2) is 24.9 Å². The Morgan fingerprint density at radius 2 is 0.976 bits per heavy atom. The molecule has 0 unspecified atom stereocenters. The fourth-order valence-corrected chi connectivity index (χ4v) is 6.03. The minimum atomic E-state index is -0.157. The van der Waals surface area contributed by atoms with E-state index in [1.54, 1.807) is 0 Å². The first-order valence-corrected chi connectivity index (χ1v) is 14.4. The number of H-pyrrole nitrogens is 2. The molecule has 0 saturated heterocycles. The summed E-state index contributed by atoms with van der Waals surface area (Å²) in [5, 5.41) is 0. The van der Waals surface area contributed by atoms with Crippen molar-refractivity contribution in [3.8, 4) is 0 Å². The molecule has 0 spiro atoms. The third-order valence-corrected chi connectivity index (χ3v) is 7.60. The molecular weight excluding hydrogens is 554 g/mol. The standard InChI is InChI=1S/C35H45N5.Cu/c1-32(2,3)20-19-27-39-26-18-17-24(38-26)29(34(7,8)9)23-14-13-21(36-23)28(33(4,5)6)22-15-16-25(37-22)30(31(20)40-27)35(10,11)12;/h13-19,36H,1-12H3,(H,38,39,40);. The van der Waals surface area contributed by atoms with Gasteiger partial charge in [0.1, 0.15) is 5.65 Å². The van der Waals surface area contributed by atoms with Crippen molar-refractivity contribution in [2.45, 2.75) is 105 Å². The van der Waals surface area contributed by atoms with Gasteiger partial charge in [0.2, 0.25) is 0 Å². The fourth-order valence-electron chi connectivity index (χ4n) is 6.03. The van der Waals surface area contributed by atoms with Crippen molar-refractivity contribution < 1.29 is 17.1 Å². The summed E-state index contributed by atoms with van der Waals surface area (Å²) in [6, 6.07) is 6.58. The van der Waals surface area contributed by atoms with E-state index in [1.807, 2.05) is 6.08 Å². The zero-order valence-corrected chi connectivity index (χ0v) is 27.6. The summed E-state index contributed by atoms with van der Waals surface area (Å²) < 4.78 is 0. The minimum absolute atomic E-state index is 0. The topological polar surface area (TPSA) is 70.2 Å². The number of aromatic amines is 2. The van der Waals surface area contributed by atoms with Gasteiger partial charge in [-0.05, 0) is 69.7 Å². The minimum Gasteiger partial charge on any atom is -0.355 e. The average Bonchev–Trinajstić information content (AvgIpc) is 3.54. The molecule has 5 nitrogen and oxygen atoms in total. The van der Waals surface area contributed by atoms with Crippen LogP contribution in [0.25, 0.3) is 46.5 Å². The summed E-state index contributed by atoms with van der Waals surface area (Å²) in [7, 11) is 0. The molecule has 6 heteroatoms. The third kappa shape index (κ3) is 5.87. The van der Waals surface area contributed by atoms with Crippen LogP contribution in [0.4, 0.5) is 0 Å². The zero-order chi connectivity index (χ0) is 29.4. The van der Waals surface area contributed by atoms with Gasteiger partial charge in [-0.25, -0.2) is 15.0 Å². The first-order chi connectivity index (χ1) is 18.3. The number of aromatic nitrogens is 5. The Morgan fingerprint density at radius 3 is 1.46 bits per heavy atom. The molecule has 8 bridgehead atoms. The maximum atomic E-state index is 5.34. The summed E-state index contributed by atoms with van der Waals surface area (Å²) in [6.45, 7) is 27.1. The quantitative estimate of drug-likeness (QED) is 0.174. The maximum Gasteiger partial charge on any atom is 0.154 e. The molecule has 0 aliphatic carbocycles.